The molecule has 0 saturated carbocycles. The van der Waals surface area contributed by atoms with Crippen molar-refractivity contribution in [2.75, 3.05) is 33.9 Å². The molecule has 2 rings (SSSR count). The highest BCUT2D eigenvalue weighted by Gasteiger charge is 2.09. The van der Waals surface area contributed by atoms with E-state index >= 15 is 0 Å². The van der Waals surface area contributed by atoms with Crippen LogP contribution in [-0.2, 0) is 17.8 Å². The molecule has 0 aliphatic carbocycles. The number of benzene rings is 1. The number of hydrogen-bond acceptors (Lipinski definition) is 5. The summed E-state index contributed by atoms with van der Waals surface area (Å²) in [5, 5.41) is 9.18. The molecule has 28 heavy (non-hydrogen) atoms. The number of furan rings is 1. The normalized spacial score (nSPS) is 11.0. The maximum Gasteiger partial charge on any atom is 0.257 e. The van der Waals surface area contributed by atoms with Crippen LogP contribution in [0.1, 0.15) is 18.2 Å². The average Bonchev–Trinajstić information content (AvgIpc) is 3.23. The molecule has 0 spiro atoms. The molecule has 0 atom stereocenters. The van der Waals surface area contributed by atoms with Crippen LogP contribution >= 0.6 is 0 Å². The second-order valence-corrected chi connectivity index (χ2v) is 5.91. The first-order valence-corrected chi connectivity index (χ1v) is 9.19. The summed E-state index contributed by atoms with van der Waals surface area (Å²) in [6.45, 7) is 3.66. The molecule has 0 fully saturated rings. The van der Waals surface area contributed by atoms with Gasteiger partial charge in [0.1, 0.15) is 5.76 Å². The number of amides is 1. The minimum absolute atomic E-state index is 0.0476. The van der Waals surface area contributed by atoms with Crippen LogP contribution in [0, 0.1) is 0 Å². The van der Waals surface area contributed by atoms with E-state index in [1.54, 1.807) is 26.5 Å². The molecule has 8 nitrogen and oxygen atoms in total. The fraction of sp³-hybridized carbons (Fsp3) is 0.400. The van der Waals surface area contributed by atoms with E-state index in [-0.39, 0.29) is 12.5 Å². The molecule has 1 aromatic carbocycles. The van der Waals surface area contributed by atoms with Crippen molar-refractivity contribution < 1.29 is 18.7 Å². The molecule has 1 aromatic heterocycles. The van der Waals surface area contributed by atoms with E-state index in [1.165, 1.54) is 0 Å². The summed E-state index contributed by atoms with van der Waals surface area (Å²) < 4.78 is 16.2. The predicted molar refractivity (Wildman–Crippen MR) is 108 cm³/mol. The van der Waals surface area contributed by atoms with Crippen LogP contribution < -0.4 is 25.4 Å². The number of nitrogens with zero attached hydrogens (tertiary/aromatic N) is 1. The molecule has 0 bridgehead atoms. The summed E-state index contributed by atoms with van der Waals surface area (Å²) in [6, 6.07) is 9.40. The molecule has 152 valence electrons. The highest BCUT2D eigenvalue weighted by molar-refractivity contribution is 5.79. The lowest BCUT2D eigenvalue weighted by Crippen LogP contribution is -2.37. The highest BCUT2D eigenvalue weighted by atomic mass is 16.5. The molecule has 1 heterocycles. The van der Waals surface area contributed by atoms with E-state index in [0.717, 1.165) is 17.7 Å². The quantitative estimate of drug-likeness (QED) is 0.424. The molecule has 0 aliphatic rings. The lowest BCUT2D eigenvalue weighted by Gasteiger charge is -2.14. The first kappa shape index (κ1) is 21.1. The minimum Gasteiger partial charge on any atom is -0.493 e. The molecule has 1 amide bonds. The Morgan fingerprint density at radius 1 is 1.18 bits per heavy atom. The Bertz CT molecular complexity index is 760. The predicted octanol–water partition coefficient (Wildman–Crippen LogP) is 1.71. The van der Waals surface area contributed by atoms with Crippen LogP contribution in [0.2, 0.25) is 0 Å². The van der Waals surface area contributed by atoms with Crippen LogP contribution in [0.25, 0.3) is 0 Å². The molecule has 3 N–H and O–H groups in total. The van der Waals surface area contributed by atoms with Gasteiger partial charge in [-0.1, -0.05) is 6.07 Å². The van der Waals surface area contributed by atoms with E-state index in [4.69, 9.17) is 13.9 Å². The Hall–Kier alpha value is -3.16. The summed E-state index contributed by atoms with van der Waals surface area (Å²) in [6.07, 6.45) is 2.44. The van der Waals surface area contributed by atoms with E-state index < -0.39 is 0 Å². The average molecular weight is 388 g/mol. The Labute approximate surface area is 165 Å². The Balaban J connectivity index is 1.84. The summed E-state index contributed by atoms with van der Waals surface area (Å²) in [5.74, 6) is 2.56. The first-order valence-electron chi connectivity index (χ1n) is 9.19. The number of carbonyl (C=O) groups is 1. The third-order valence-corrected chi connectivity index (χ3v) is 3.89. The van der Waals surface area contributed by atoms with Gasteiger partial charge in [0, 0.05) is 33.1 Å². The second-order valence-electron chi connectivity index (χ2n) is 5.91. The highest BCUT2D eigenvalue weighted by Crippen LogP contribution is 2.28. The van der Waals surface area contributed by atoms with E-state index in [2.05, 4.69) is 20.9 Å². The number of guanidine groups is 1. The zero-order chi connectivity index (χ0) is 20.2. The van der Waals surface area contributed by atoms with E-state index in [9.17, 15) is 4.79 Å². The SMILES string of the molecule is CCNC(=O)COc1ccc(CNC(=NC)NCCc2ccco2)cc1OC. The van der Waals surface area contributed by atoms with Crippen LogP contribution in [0.4, 0.5) is 0 Å². The Morgan fingerprint density at radius 2 is 2.04 bits per heavy atom. The zero-order valence-electron chi connectivity index (χ0n) is 16.6. The minimum atomic E-state index is -0.167. The zero-order valence-corrected chi connectivity index (χ0v) is 16.6. The largest absolute Gasteiger partial charge is 0.493 e. The van der Waals surface area contributed by atoms with Crippen molar-refractivity contribution in [3.05, 3.63) is 47.9 Å². The van der Waals surface area contributed by atoms with Gasteiger partial charge >= 0.3 is 0 Å². The van der Waals surface area contributed by atoms with Gasteiger partial charge in [0.2, 0.25) is 0 Å². The Morgan fingerprint density at radius 3 is 2.71 bits per heavy atom. The number of carbonyl (C=O) groups excluding carboxylic acids is 1. The topological polar surface area (TPSA) is 97.1 Å². The van der Waals surface area contributed by atoms with Gasteiger partial charge in [0.05, 0.1) is 13.4 Å². The lowest BCUT2D eigenvalue weighted by atomic mass is 10.2. The smallest absolute Gasteiger partial charge is 0.257 e. The third-order valence-electron chi connectivity index (χ3n) is 3.89. The van der Waals surface area contributed by atoms with Gasteiger partial charge in [0.15, 0.2) is 24.1 Å². The van der Waals surface area contributed by atoms with Gasteiger partial charge in [-0.05, 0) is 36.8 Å². The number of ether oxygens (including phenoxy) is 2. The standard InChI is InChI=1S/C20H28N4O4/c1-4-22-19(25)14-28-17-8-7-15(12-18(17)26-3)13-24-20(21-2)23-10-9-16-6-5-11-27-16/h5-8,11-12H,4,9-10,13-14H2,1-3H3,(H,22,25)(H2,21,23,24). The van der Waals surface area contributed by atoms with Gasteiger partial charge < -0.3 is 29.8 Å². The van der Waals surface area contributed by atoms with Crippen molar-refractivity contribution >= 4 is 11.9 Å². The van der Waals surface area contributed by atoms with Gasteiger partial charge in [-0.15, -0.1) is 0 Å². The molecule has 0 aliphatic heterocycles. The summed E-state index contributed by atoms with van der Waals surface area (Å²) in [4.78, 5) is 15.8. The summed E-state index contributed by atoms with van der Waals surface area (Å²) in [5.41, 5.74) is 0.996. The maximum atomic E-state index is 11.5. The molecule has 0 radical (unpaired) electrons. The van der Waals surface area contributed by atoms with Crippen LogP contribution in [-0.4, -0.2) is 45.7 Å². The molecule has 0 saturated heterocycles. The van der Waals surface area contributed by atoms with Gasteiger partial charge in [0.25, 0.3) is 5.91 Å². The van der Waals surface area contributed by atoms with E-state index in [1.807, 2.05) is 31.2 Å². The number of rotatable bonds is 10. The van der Waals surface area contributed by atoms with Crippen molar-refractivity contribution in [1.29, 1.82) is 0 Å². The number of methoxy groups -OCH3 is 1. The van der Waals surface area contributed by atoms with Crippen molar-refractivity contribution in [3.63, 3.8) is 0 Å². The van der Waals surface area contributed by atoms with Gasteiger partial charge in [-0.25, -0.2) is 0 Å². The van der Waals surface area contributed by atoms with E-state index in [0.29, 0.717) is 37.1 Å². The molecule has 0 unspecified atom stereocenters. The third kappa shape index (κ3) is 6.86. The number of nitrogens with one attached hydrogen (secondary N) is 3. The van der Waals surface area contributed by atoms with Crippen LogP contribution in [0.15, 0.2) is 46.0 Å². The van der Waals surface area contributed by atoms with Crippen molar-refractivity contribution in [2.24, 2.45) is 4.99 Å². The number of likely N-dealkylation sites (N-methyl/N-ethyl adjacent to an activating group) is 1. The van der Waals surface area contributed by atoms with Crippen LogP contribution in [0.5, 0.6) is 11.5 Å². The maximum absolute atomic E-state index is 11.5. The summed E-state index contributed by atoms with van der Waals surface area (Å²) >= 11 is 0. The molecular formula is C20H28N4O4. The van der Waals surface area contributed by atoms with Crippen molar-refractivity contribution in [1.82, 2.24) is 16.0 Å². The number of aliphatic imine (C=N–C) groups is 1. The van der Waals surface area contributed by atoms with Crippen LogP contribution in [0.3, 0.4) is 0 Å². The fourth-order valence-corrected chi connectivity index (χ4v) is 2.50. The summed E-state index contributed by atoms with van der Waals surface area (Å²) in [7, 11) is 3.29. The van der Waals surface area contributed by atoms with Gasteiger partial charge in [-0.2, -0.15) is 0 Å². The molecule has 8 heteroatoms. The molecule has 2 aromatic rings. The van der Waals surface area contributed by atoms with Crippen molar-refractivity contribution in [3.8, 4) is 11.5 Å². The van der Waals surface area contributed by atoms with Crippen molar-refractivity contribution in [2.45, 2.75) is 19.9 Å². The first-order chi connectivity index (χ1) is 13.7. The van der Waals surface area contributed by atoms with Gasteiger partial charge in [-0.3, -0.25) is 9.79 Å². The molecular weight excluding hydrogens is 360 g/mol. The number of hydrogen-bond donors (Lipinski definition) is 3. The lowest BCUT2D eigenvalue weighted by molar-refractivity contribution is -0.123. The fourth-order valence-electron chi connectivity index (χ4n) is 2.50. The Kier molecular flexibility index (Phi) is 8.71. The monoisotopic (exact) mass is 388 g/mol. The second kappa shape index (κ2) is 11.5.